The largest absolute Gasteiger partial charge is 0.872 e. The van der Waals surface area contributed by atoms with Crippen LogP contribution in [0.5, 0.6) is 17.2 Å². The lowest BCUT2D eigenvalue weighted by Gasteiger charge is -2.19. The van der Waals surface area contributed by atoms with E-state index < -0.39 is 0 Å². The molecule has 3 heterocycles. The highest BCUT2D eigenvalue weighted by molar-refractivity contribution is 6.15. The van der Waals surface area contributed by atoms with Crippen molar-refractivity contribution in [1.29, 1.82) is 0 Å². The summed E-state index contributed by atoms with van der Waals surface area (Å²) in [5.74, 6) is 1.23. The van der Waals surface area contributed by atoms with Crippen molar-refractivity contribution in [3.05, 3.63) is 59.0 Å². The predicted molar refractivity (Wildman–Crippen MR) is 117 cm³/mol. The number of methoxy groups -OCH3 is 1. The van der Waals surface area contributed by atoms with Crippen molar-refractivity contribution < 1.29 is 24.3 Å². The second kappa shape index (κ2) is 7.78. The average molecular weight is 418 g/mol. The van der Waals surface area contributed by atoms with Gasteiger partial charge in [0.05, 0.1) is 25.8 Å². The summed E-state index contributed by atoms with van der Waals surface area (Å²) in [5.41, 5.74) is 3.05. The fourth-order valence-corrected chi connectivity index (χ4v) is 4.71. The van der Waals surface area contributed by atoms with Gasteiger partial charge in [-0.25, -0.2) is 0 Å². The summed E-state index contributed by atoms with van der Waals surface area (Å²) in [4.78, 5) is 14.5. The van der Waals surface area contributed by atoms with Gasteiger partial charge in [-0.15, -0.1) is 0 Å². The first-order valence-electron chi connectivity index (χ1n) is 10.9. The Bertz CT molecular complexity index is 1200. The number of aromatic nitrogens is 1. The summed E-state index contributed by atoms with van der Waals surface area (Å²) >= 11 is 0. The van der Waals surface area contributed by atoms with Gasteiger partial charge in [0.25, 0.3) is 0 Å². The highest BCUT2D eigenvalue weighted by atomic mass is 16.5. The van der Waals surface area contributed by atoms with Crippen molar-refractivity contribution in [3.63, 3.8) is 0 Å². The molecule has 31 heavy (non-hydrogen) atoms. The van der Waals surface area contributed by atoms with Gasteiger partial charge >= 0.3 is 0 Å². The number of nitrogens with zero attached hydrogens (tertiary/aromatic N) is 1. The molecule has 0 saturated carbocycles. The van der Waals surface area contributed by atoms with Gasteiger partial charge in [-0.05, 0) is 37.3 Å². The first-order valence-corrected chi connectivity index (χ1v) is 10.9. The fraction of sp³-hybridized carbons (Fsp3) is 0.320. The molecule has 2 aliphatic rings. The number of aryl methyl sites for hydroxylation is 1. The van der Waals surface area contributed by atoms with Crippen LogP contribution >= 0.6 is 0 Å². The van der Waals surface area contributed by atoms with Crippen molar-refractivity contribution in [2.45, 2.75) is 32.9 Å². The number of fused-ring (bicyclic) bond motifs is 2. The maximum Gasteiger partial charge on any atom is 0.231 e. The molecule has 0 aliphatic carbocycles. The number of ketones is 1. The van der Waals surface area contributed by atoms with Crippen LogP contribution in [0.25, 0.3) is 17.0 Å². The summed E-state index contributed by atoms with van der Waals surface area (Å²) in [6.07, 6.45) is 6.15. The first-order chi connectivity index (χ1) is 15.1. The normalized spacial score (nSPS) is 17.5. The monoisotopic (exact) mass is 418 g/mol. The minimum Gasteiger partial charge on any atom is -0.872 e. The fourth-order valence-electron chi connectivity index (χ4n) is 4.71. The van der Waals surface area contributed by atoms with E-state index in [4.69, 9.17) is 9.47 Å². The summed E-state index contributed by atoms with van der Waals surface area (Å²) in [6, 6.07) is 9.02. The Kier molecular flexibility index (Phi) is 4.94. The van der Waals surface area contributed by atoms with Gasteiger partial charge in [0, 0.05) is 47.6 Å². The Morgan fingerprint density at radius 1 is 1.23 bits per heavy atom. The van der Waals surface area contributed by atoms with Gasteiger partial charge in [-0.2, -0.15) is 0 Å². The molecule has 0 bridgehead atoms. The molecule has 1 N–H and O–H groups in total. The number of allylic oxidation sites excluding steroid dienone is 1. The Morgan fingerprint density at radius 2 is 2.03 bits per heavy atom. The Balaban J connectivity index is 1.55. The maximum atomic E-state index is 13.1. The van der Waals surface area contributed by atoms with E-state index in [-0.39, 0.29) is 17.3 Å². The lowest BCUT2D eigenvalue weighted by Crippen LogP contribution is -3.08. The van der Waals surface area contributed by atoms with E-state index in [1.165, 1.54) is 23.8 Å². The van der Waals surface area contributed by atoms with Crippen molar-refractivity contribution >= 4 is 22.8 Å². The molecule has 6 nitrogen and oxygen atoms in total. The van der Waals surface area contributed by atoms with Crippen LogP contribution in [0.15, 0.2) is 42.3 Å². The molecule has 0 radical (unpaired) electrons. The maximum absolute atomic E-state index is 13.1. The number of rotatable bonds is 5. The Hall–Kier alpha value is -3.25. The number of carbonyl (C=O) groups excluding carboxylic acids is 1. The second-order valence-electron chi connectivity index (χ2n) is 8.25. The van der Waals surface area contributed by atoms with Crippen LogP contribution in [0.2, 0.25) is 0 Å². The lowest BCUT2D eigenvalue weighted by atomic mass is 10.0. The van der Waals surface area contributed by atoms with E-state index >= 15 is 0 Å². The van der Waals surface area contributed by atoms with Gasteiger partial charge in [0.15, 0.2) is 5.76 Å². The molecule has 1 saturated heterocycles. The molecule has 160 valence electrons. The molecule has 1 aromatic heterocycles. The number of benzene rings is 2. The summed E-state index contributed by atoms with van der Waals surface area (Å²) < 4.78 is 13.6. The van der Waals surface area contributed by atoms with E-state index in [1.54, 1.807) is 19.3 Å². The number of hydrogen-bond donors (Lipinski definition) is 1. The number of carbonyl (C=O) groups is 1. The molecule has 0 unspecified atom stereocenters. The molecule has 1 fully saturated rings. The summed E-state index contributed by atoms with van der Waals surface area (Å²) in [5, 5.41) is 13.6. The number of nitrogens with one attached hydrogen (secondary N) is 1. The minimum absolute atomic E-state index is 0.0560. The topological polar surface area (TPSA) is 68.0 Å². The van der Waals surface area contributed by atoms with Crippen LogP contribution in [0.3, 0.4) is 0 Å². The SMILES string of the molecule is CCn1cc(/C=C2/Oc3c(ccc([O-])c3C[NH+]3CCCC3)C2=O)c2cc(OC)ccc21. The molecule has 6 heteroatoms. The van der Waals surface area contributed by atoms with Crippen LogP contribution in [0.4, 0.5) is 0 Å². The molecule has 2 aliphatic heterocycles. The van der Waals surface area contributed by atoms with Gasteiger partial charge in [0.2, 0.25) is 5.78 Å². The molecule has 0 spiro atoms. The third kappa shape index (κ3) is 3.37. The average Bonchev–Trinajstić information content (AvgIpc) is 3.49. The Labute approximate surface area is 181 Å². The van der Waals surface area contributed by atoms with Gasteiger partial charge in [-0.3, -0.25) is 4.79 Å². The van der Waals surface area contributed by atoms with Crippen molar-refractivity contribution in [2.75, 3.05) is 20.2 Å². The molecule has 3 aromatic rings. The second-order valence-corrected chi connectivity index (χ2v) is 8.25. The van der Waals surface area contributed by atoms with Crippen LogP contribution in [0, 0.1) is 0 Å². The van der Waals surface area contributed by atoms with Crippen molar-refractivity contribution in [2.24, 2.45) is 0 Å². The smallest absolute Gasteiger partial charge is 0.231 e. The molecule has 2 aromatic carbocycles. The zero-order valence-electron chi connectivity index (χ0n) is 17.9. The van der Waals surface area contributed by atoms with Gasteiger partial charge in [0.1, 0.15) is 18.0 Å². The lowest BCUT2D eigenvalue weighted by molar-refractivity contribution is -0.901. The highest BCUT2D eigenvalue weighted by Gasteiger charge is 2.31. The summed E-state index contributed by atoms with van der Waals surface area (Å²) in [6.45, 7) is 5.60. The van der Waals surface area contributed by atoms with E-state index in [2.05, 4.69) is 11.5 Å². The van der Waals surface area contributed by atoms with Gasteiger partial charge in [-0.1, -0.05) is 11.8 Å². The number of ether oxygens (including phenoxy) is 2. The quantitative estimate of drug-likeness (QED) is 0.647. The number of Topliss-reactive ketones (excluding diaryl/α,β-unsaturated/α-hetero) is 1. The zero-order valence-corrected chi connectivity index (χ0v) is 17.9. The molecule has 5 rings (SSSR count). The Morgan fingerprint density at radius 3 is 2.77 bits per heavy atom. The van der Waals surface area contributed by atoms with Gasteiger partial charge < -0.3 is 24.0 Å². The molecular formula is C25H26N2O4. The van der Waals surface area contributed by atoms with Crippen molar-refractivity contribution in [3.8, 4) is 17.2 Å². The highest BCUT2D eigenvalue weighted by Crippen LogP contribution is 2.39. The predicted octanol–water partition coefficient (Wildman–Crippen LogP) is 2.54. The van der Waals surface area contributed by atoms with E-state index in [1.807, 2.05) is 24.4 Å². The third-order valence-corrected chi connectivity index (χ3v) is 6.38. The van der Waals surface area contributed by atoms with Crippen LogP contribution < -0.4 is 19.5 Å². The number of quaternary nitrogens is 1. The zero-order chi connectivity index (χ0) is 21.5. The minimum atomic E-state index is -0.173. The molecule has 0 amide bonds. The van der Waals surface area contributed by atoms with E-state index in [9.17, 15) is 9.90 Å². The standard InChI is InChI=1S/C25H26N2O4/c1-3-27-14-16(19-13-17(30-2)6-8-21(19)27)12-23-24(29)18-7-9-22(28)20(25(18)31-23)15-26-10-4-5-11-26/h6-9,12-14,28H,3-5,10-11,15H2,1-2H3/b23-12+. The number of likely N-dealkylation sites (tertiary alicyclic amines) is 1. The van der Waals surface area contributed by atoms with E-state index in [0.29, 0.717) is 23.4 Å². The molecular weight excluding hydrogens is 392 g/mol. The van der Waals surface area contributed by atoms with Crippen molar-refractivity contribution in [1.82, 2.24) is 4.57 Å². The van der Waals surface area contributed by atoms with Crippen LogP contribution in [-0.2, 0) is 13.1 Å². The third-order valence-electron chi connectivity index (χ3n) is 6.38. The first kappa shape index (κ1) is 19.7. The number of hydrogen-bond acceptors (Lipinski definition) is 4. The van der Waals surface area contributed by atoms with Crippen LogP contribution in [0.1, 0.15) is 41.3 Å². The summed E-state index contributed by atoms with van der Waals surface area (Å²) in [7, 11) is 1.64. The van der Waals surface area contributed by atoms with E-state index in [0.717, 1.165) is 41.9 Å². The molecule has 0 atom stereocenters. The van der Waals surface area contributed by atoms with Crippen LogP contribution in [-0.4, -0.2) is 30.5 Å².